The summed E-state index contributed by atoms with van der Waals surface area (Å²) >= 11 is 0. The van der Waals surface area contributed by atoms with E-state index in [0.717, 1.165) is 6.07 Å². The number of para-hydroxylation sites is 1. The highest BCUT2D eigenvalue weighted by molar-refractivity contribution is 7.92. The van der Waals surface area contributed by atoms with Gasteiger partial charge in [0.1, 0.15) is 5.82 Å². The zero-order valence-corrected chi connectivity index (χ0v) is 15.2. The van der Waals surface area contributed by atoms with Crippen LogP contribution in [0.5, 0.6) is 0 Å². The van der Waals surface area contributed by atoms with Crippen LogP contribution in [0.3, 0.4) is 0 Å². The van der Waals surface area contributed by atoms with Gasteiger partial charge in [0.05, 0.1) is 16.7 Å². The highest BCUT2D eigenvalue weighted by Gasteiger charge is 2.25. The van der Waals surface area contributed by atoms with E-state index in [1.165, 1.54) is 42.5 Å². The van der Waals surface area contributed by atoms with Gasteiger partial charge in [0.15, 0.2) is 0 Å². The first kappa shape index (κ1) is 19.3. The summed E-state index contributed by atoms with van der Waals surface area (Å²) in [6, 6.07) is 10.8. The van der Waals surface area contributed by atoms with Crippen molar-refractivity contribution in [2.24, 2.45) is 5.92 Å². The minimum absolute atomic E-state index is 0.0569. The quantitative estimate of drug-likeness (QED) is 0.584. The topological polar surface area (TPSA) is 108 Å². The zero-order valence-electron chi connectivity index (χ0n) is 14.4. The number of β-amino-alcohol motifs (C(OH)–C–C–N with tert-alkyl or cyclic N) is 1. The van der Waals surface area contributed by atoms with E-state index >= 15 is 0 Å². The molecule has 0 spiro atoms. The van der Waals surface area contributed by atoms with Crippen molar-refractivity contribution in [1.82, 2.24) is 10.6 Å². The summed E-state index contributed by atoms with van der Waals surface area (Å²) in [5.74, 6) is -1.10. The molecule has 2 aromatic rings. The minimum atomic E-state index is -3.97. The van der Waals surface area contributed by atoms with Gasteiger partial charge in [0.25, 0.3) is 15.9 Å². The highest BCUT2D eigenvalue weighted by Crippen LogP contribution is 2.19. The molecule has 9 heteroatoms. The number of benzene rings is 2. The van der Waals surface area contributed by atoms with Crippen LogP contribution >= 0.6 is 0 Å². The van der Waals surface area contributed by atoms with Crippen molar-refractivity contribution in [3.8, 4) is 0 Å². The number of rotatable bonds is 6. The van der Waals surface area contributed by atoms with Crippen molar-refractivity contribution in [3.63, 3.8) is 0 Å². The molecule has 3 rings (SSSR count). The zero-order chi connectivity index (χ0) is 19.4. The first-order chi connectivity index (χ1) is 12.9. The number of halogens is 1. The minimum Gasteiger partial charge on any atom is -0.391 e. The molecule has 2 unspecified atom stereocenters. The molecule has 0 aromatic heterocycles. The number of amides is 1. The second kappa shape index (κ2) is 8.03. The molecule has 27 heavy (non-hydrogen) atoms. The van der Waals surface area contributed by atoms with Crippen LogP contribution in [-0.2, 0) is 10.0 Å². The fourth-order valence-corrected chi connectivity index (χ4v) is 3.85. The average Bonchev–Trinajstić information content (AvgIpc) is 3.06. The van der Waals surface area contributed by atoms with E-state index < -0.39 is 21.9 Å². The second-order valence-electron chi connectivity index (χ2n) is 6.31. The van der Waals surface area contributed by atoms with Crippen LogP contribution in [0.15, 0.2) is 53.4 Å². The summed E-state index contributed by atoms with van der Waals surface area (Å²) in [5, 5.41) is 15.5. The summed E-state index contributed by atoms with van der Waals surface area (Å²) in [7, 11) is -3.97. The molecule has 4 N–H and O–H groups in total. The van der Waals surface area contributed by atoms with Crippen molar-refractivity contribution < 1.29 is 22.7 Å². The van der Waals surface area contributed by atoms with Crippen LogP contribution < -0.4 is 15.4 Å². The van der Waals surface area contributed by atoms with E-state index in [0.29, 0.717) is 25.2 Å². The van der Waals surface area contributed by atoms with Crippen molar-refractivity contribution in [2.75, 3.05) is 24.4 Å². The van der Waals surface area contributed by atoms with E-state index in [1.807, 2.05) is 0 Å². The fourth-order valence-electron chi connectivity index (χ4n) is 2.79. The van der Waals surface area contributed by atoms with Gasteiger partial charge in [0.2, 0.25) is 0 Å². The Morgan fingerprint density at radius 3 is 2.48 bits per heavy atom. The summed E-state index contributed by atoms with van der Waals surface area (Å²) in [5.41, 5.74) is 0.142. The number of aliphatic hydroxyl groups excluding tert-OH is 1. The predicted octanol–water partition coefficient (Wildman–Crippen LogP) is 0.937. The summed E-state index contributed by atoms with van der Waals surface area (Å²) in [6.07, 6.45) is -0.498. The molecule has 1 aliphatic heterocycles. The molecule has 1 fully saturated rings. The number of hydrogen-bond acceptors (Lipinski definition) is 5. The van der Waals surface area contributed by atoms with Crippen molar-refractivity contribution in [2.45, 2.75) is 11.0 Å². The number of hydrogen-bond donors (Lipinski definition) is 4. The molecule has 1 saturated heterocycles. The lowest BCUT2D eigenvalue weighted by atomic mass is 10.1. The lowest BCUT2D eigenvalue weighted by Crippen LogP contribution is -2.34. The van der Waals surface area contributed by atoms with Crippen LogP contribution in [0.1, 0.15) is 10.4 Å². The molecule has 1 heterocycles. The maximum atomic E-state index is 13.6. The highest BCUT2D eigenvalue weighted by atomic mass is 32.2. The maximum Gasteiger partial charge on any atom is 0.261 e. The number of carbonyl (C=O) groups is 1. The maximum absolute atomic E-state index is 13.6. The largest absolute Gasteiger partial charge is 0.391 e. The molecule has 0 saturated carbocycles. The molecular weight excluding hydrogens is 373 g/mol. The van der Waals surface area contributed by atoms with E-state index in [1.54, 1.807) is 0 Å². The number of nitrogens with one attached hydrogen (secondary N) is 3. The molecule has 1 amide bonds. The Morgan fingerprint density at radius 2 is 1.85 bits per heavy atom. The second-order valence-corrected chi connectivity index (χ2v) is 7.99. The molecule has 1 aliphatic rings. The lowest BCUT2D eigenvalue weighted by molar-refractivity contribution is 0.0927. The number of aliphatic hydroxyl groups is 1. The predicted molar refractivity (Wildman–Crippen MR) is 98.4 cm³/mol. The van der Waals surface area contributed by atoms with Crippen LogP contribution in [0.2, 0.25) is 0 Å². The Morgan fingerprint density at radius 1 is 1.15 bits per heavy atom. The average molecular weight is 393 g/mol. The third-order valence-electron chi connectivity index (χ3n) is 4.37. The van der Waals surface area contributed by atoms with E-state index in [9.17, 15) is 22.7 Å². The Balaban J connectivity index is 1.65. The number of anilines is 1. The fraction of sp³-hybridized carbons (Fsp3) is 0.278. The van der Waals surface area contributed by atoms with Crippen LogP contribution in [0.25, 0.3) is 0 Å². The summed E-state index contributed by atoms with van der Waals surface area (Å²) in [4.78, 5) is 12.1. The monoisotopic (exact) mass is 393 g/mol. The Labute approximate surface area is 156 Å². The Bertz CT molecular complexity index is 918. The first-order valence-corrected chi connectivity index (χ1v) is 9.89. The van der Waals surface area contributed by atoms with Gasteiger partial charge >= 0.3 is 0 Å². The summed E-state index contributed by atoms with van der Waals surface area (Å²) < 4.78 is 40.5. The third kappa shape index (κ3) is 4.62. The van der Waals surface area contributed by atoms with Crippen LogP contribution in [0, 0.1) is 11.7 Å². The Hall–Kier alpha value is -2.49. The molecule has 2 atom stereocenters. The molecule has 0 aliphatic carbocycles. The smallest absolute Gasteiger partial charge is 0.261 e. The summed E-state index contributed by atoms with van der Waals surface area (Å²) in [6.45, 7) is 1.45. The molecule has 0 radical (unpaired) electrons. The van der Waals surface area contributed by atoms with Gasteiger partial charge in [0, 0.05) is 31.1 Å². The van der Waals surface area contributed by atoms with Gasteiger partial charge in [-0.2, -0.15) is 0 Å². The molecule has 0 bridgehead atoms. The van der Waals surface area contributed by atoms with E-state index in [4.69, 9.17) is 0 Å². The van der Waals surface area contributed by atoms with Gasteiger partial charge < -0.3 is 15.7 Å². The van der Waals surface area contributed by atoms with Gasteiger partial charge in [-0.05, 0) is 36.4 Å². The van der Waals surface area contributed by atoms with Crippen molar-refractivity contribution in [3.05, 3.63) is 59.9 Å². The number of carbonyl (C=O) groups excluding carboxylic acids is 1. The van der Waals surface area contributed by atoms with Crippen molar-refractivity contribution >= 4 is 21.6 Å². The van der Waals surface area contributed by atoms with Gasteiger partial charge in [-0.1, -0.05) is 12.1 Å². The standard InChI is InChI=1S/C18H20FN3O4S/c19-15-3-1-2-4-16(15)22-27(25,26)14-7-5-12(6-8-14)18(24)21-10-13-9-20-11-17(13)23/h1-8,13,17,20,22-23H,9-11H2,(H,21,24). The molecule has 144 valence electrons. The van der Waals surface area contributed by atoms with Crippen LogP contribution in [-0.4, -0.2) is 45.2 Å². The van der Waals surface area contributed by atoms with Crippen molar-refractivity contribution in [1.29, 1.82) is 0 Å². The third-order valence-corrected chi connectivity index (χ3v) is 5.76. The normalized spacial score (nSPS) is 19.6. The van der Waals surface area contributed by atoms with Gasteiger partial charge in [-0.25, -0.2) is 12.8 Å². The molecule has 7 nitrogen and oxygen atoms in total. The van der Waals surface area contributed by atoms with E-state index in [2.05, 4.69) is 15.4 Å². The Kier molecular flexibility index (Phi) is 5.73. The molecular formula is C18H20FN3O4S. The van der Waals surface area contributed by atoms with Crippen LogP contribution in [0.4, 0.5) is 10.1 Å². The molecule has 2 aromatic carbocycles. The number of sulfonamides is 1. The van der Waals surface area contributed by atoms with Gasteiger partial charge in [-0.3, -0.25) is 9.52 Å². The van der Waals surface area contributed by atoms with E-state index in [-0.39, 0.29) is 22.4 Å². The first-order valence-electron chi connectivity index (χ1n) is 8.41. The van der Waals surface area contributed by atoms with Gasteiger partial charge in [-0.15, -0.1) is 0 Å². The SMILES string of the molecule is O=C(NCC1CNCC1O)c1ccc(S(=O)(=O)Nc2ccccc2F)cc1. The lowest BCUT2D eigenvalue weighted by Gasteiger charge is -2.14.